The highest BCUT2D eigenvalue weighted by Gasteiger charge is 2.11. The third-order valence-electron chi connectivity index (χ3n) is 3.05. The zero-order valence-corrected chi connectivity index (χ0v) is 13.3. The molecule has 110 valence electrons. The average Bonchev–Trinajstić information content (AvgIpc) is 2.96. The Labute approximate surface area is 136 Å². The quantitative estimate of drug-likeness (QED) is 0.774. The van der Waals surface area contributed by atoms with Gasteiger partial charge in [0, 0.05) is 27.9 Å². The molecule has 0 aliphatic heterocycles. The molecule has 22 heavy (non-hydrogen) atoms. The summed E-state index contributed by atoms with van der Waals surface area (Å²) in [7, 11) is 0. The summed E-state index contributed by atoms with van der Waals surface area (Å²) in [5.41, 5.74) is 2.96. The molecule has 6 heteroatoms. The van der Waals surface area contributed by atoms with Crippen molar-refractivity contribution in [2.45, 2.75) is 6.92 Å². The second-order valence-electron chi connectivity index (χ2n) is 4.66. The lowest BCUT2D eigenvalue weighted by Gasteiger charge is -2.02. The fraction of sp³-hybridized carbons (Fsp3) is 0.0625. The molecular formula is C16H12ClN3OS. The molecule has 0 atom stereocenters. The van der Waals surface area contributed by atoms with Gasteiger partial charge in [0.2, 0.25) is 0 Å². The number of aryl methyl sites for hydroxylation is 1. The number of carbonyl (C=O) groups is 1. The van der Waals surface area contributed by atoms with E-state index < -0.39 is 0 Å². The first kappa shape index (κ1) is 14.7. The van der Waals surface area contributed by atoms with Crippen LogP contribution < -0.4 is 5.32 Å². The molecule has 3 aromatic rings. The number of amides is 1. The van der Waals surface area contributed by atoms with Gasteiger partial charge < -0.3 is 0 Å². The number of halogens is 1. The maximum atomic E-state index is 12.1. The van der Waals surface area contributed by atoms with Crippen LogP contribution in [0.5, 0.6) is 0 Å². The van der Waals surface area contributed by atoms with E-state index in [-0.39, 0.29) is 5.91 Å². The van der Waals surface area contributed by atoms with Gasteiger partial charge in [-0.1, -0.05) is 29.8 Å². The maximum Gasteiger partial charge on any atom is 0.259 e. The lowest BCUT2D eigenvalue weighted by molar-refractivity contribution is 0.102. The SMILES string of the molecule is Cc1ccc(C(=O)Nc2nc(-c3ccccc3Cl)cs2)cn1. The van der Waals surface area contributed by atoms with E-state index in [9.17, 15) is 4.79 Å². The lowest BCUT2D eigenvalue weighted by Crippen LogP contribution is -2.12. The Kier molecular flexibility index (Phi) is 4.18. The van der Waals surface area contributed by atoms with Gasteiger partial charge in [0.1, 0.15) is 0 Å². The Morgan fingerprint density at radius 2 is 2.05 bits per heavy atom. The summed E-state index contributed by atoms with van der Waals surface area (Å²) in [5, 5.41) is 5.80. The van der Waals surface area contributed by atoms with Gasteiger partial charge in [-0.3, -0.25) is 15.1 Å². The van der Waals surface area contributed by atoms with E-state index in [1.807, 2.05) is 36.6 Å². The normalized spacial score (nSPS) is 10.5. The molecule has 1 amide bonds. The van der Waals surface area contributed by atoms with E-state index >= 15 is 0 Å². The minimum Gasteiger partial charge on any atom is -0.298 e. The van der Waals surface area contributed by atoms with Crippen molar-refractivity contribution in [3.05, 3.63) is 64.3 Å². The first-order valence-electron chi connectivity index (χ1n) is 6.58. The van der Waals surface area contributed by atoms with Crippen LogP contribution in [0.1, 0.15) is 16.1 Å². The van der Waals surface area contributed by atoms with Gasteiger partial charge in [0.25, 0.3) is 5.91 Å². The fourth-order valence-corrected chi connectivity index (χ4v) is 2.83. The van der Waals surface area contributed by atoms with Crippen LogP contribution in [0.25, 0.3) is 11.3 Å². The van der Waals surface area contributed by atoms with Crippen molar-refractivity contribution in [3.63, 3.8) is 0 Å². The van der Waals surface area contributed by atoms with Gasteiger partial charge in [-0.25, -0.2) is 4.98 Å². The van der Waals surface area contributed by atoms with Crippen LogP contribution in [0.4, 0.5) is 5.13 Å². The van der Waals surface area contributed by atoms with E-state index in [1.165, 1.54) is 11.3 Å². The van der Waals surface area contributed by atoms with Gasteiger partial charge in [-0.15, -0.1) is 11.3 Å². The first-order valence-corrected chi connectivity index (χ1v) is 7.83. The summed E-state index contributed by atoms with van der Waals surface area (Å²) in [6, 6.07) is 11.0. The molecule has 0 unspecified atom stereocenters. The van der Waals surface area contributed by atoms with Crippen molar-refractivity contribution in [2.75, 3.05) is 5.32 Å². The standard InChI is InChI=1S/C16H12ClN3OS/c1-10-6-7-11(8-18-10)15(21)20-16-19-14(9-22-16)12-4-2-3-5-13(12)17/h2-9H,1H3,(H,19,20,21). The van der Waals surface area contributed by atoms with E-state index in [1.54, 1.807) is 18.3 Å². The second kappa shape index (κ2) is 6.25. The molecule has 0 aliphatic rings. The molecule has 0 spiro atoms. The van der Waals surface area contributed by atoms with Crippen molar-refractivity contribution in [1.82, 2.24) is 9.97 Å². The number of aromatic nitrogens is 2. The largest absolute Gasteiger partial charge is 0.298 e. The molecule has 3 rings (SSSR count). The third-order valence-corrected chi connectivity index (χ3v) is 4.14. The Morgan fingerprint density at radius 1 is 1.23 bits per heavy atom. The Balaban J connectivity index is 1.78. The van der Waals surface area contributed by atoms with Gasteiger partial charge in [-0.05, 0) is 25.1 Å². The smallest absolute Gasteiger partial charge is 0.259 e. The first-order chi connectivity index (χ1) is 10.6. The molecule has 4 nitrogen and oxygen atoms in total. The summed E-state index contributed by atoms with van der Waals surface area (Å²) in [6.07, 6.45) is 1.55. The molecule has 2 heterocycles. The summed E-state index contributed by atoms with van der Waals surface area (Å²) in [4.78, 5) is 20.6. The summed E-state index contributed by atoms with van der Waals surface area (Å²) in [5.74, 6) is -0.229. The number of hydrogen-bond donors (Lipinski definition) is 1. The number of anilines is 1. The van der Waals surface area contributed by atoms with E-state index in [4.69, 9.17) is 11.6 Å². The van der Waals surface area contributed by atoms with Crippen molar-refractivity contribution >= 4 is 34.0 Å². The van der Waals surface area contributed by atoms with Crippen molar-refractivity contribution in [2.24, 2.45) is 0 Å². The highest BCUT2D eigenvalue weighted by Crippen LogP contribution is 2.30. The Morgan fingerprint density at radius 3 is 2.77 bits per heavy atom. The number of nitrogens with one attached hydrogen (secondary N) is 1. The third kappa shape index (κ3) is 3.16. The van der Waals surface area contributed by atoms with Gasteiger partial charge in [-0.2, -0.15) is 0 Å². The molecular weight excluding hydrogens is 318 g/mol. The van der Waals surface area contributed by atoms with Crippen LogP contribution in [0.3, 0.4) is 0 Å². The second-order valence-corrected chi connectivity index (χ2v) is 5.93. The highest BCUT2D eigenvalue weighted by atomic mass is 35.5. The number of thiazole rings is 1. The number of hydrogen-bond acceptors (Lipinski definition) is 4. The predicted octanol–water partition coefficient (Wildman–Crippen LogP) is 4.42. The molecule has 0 radical (unpaired) electrons. The van der Waals surface area contributed by atoms with Crippen LogP contribution in [0.15, 0.2) is 48.0 Å². The number of nitrogens with zero attached hydrogens (tertiary/aromatic N) is 2. The van der Waals surface area contributed by atoms with E-state index in [0.717, 1.165) is 17.0 Å². The van der Waals surface area contributed by atoms with Crippen LogP contribution in [0.2, 0.25) is 5.02 Å². The van der Waals surface area contributed by atoms with E-state index in [2.05, 4.69) is 15.3 Å². The minimum atomic E-state index is -0.229. The highest BCUT2D eigenvalue weighted by molar-refractivity contribution is 7.14. The summed E-state index contributed by atoms with van der Waals surface area (Å²) in [6.45, 7) is 1.87. The van der Waals surface area contributed by atoms with Crippen molar-refractivity contribution in [1.29, 1.82) is 0 Å². The average molecular weight is 330 g/mol. The van der Waals surface area contributed by atoms with Crippen LogP contribution >= 0.6 is 22.9 Å². The summed E-state index contributed by atoms with van der Waals surface area (Å²) >= 11 is 7.51. The fourth-order valence-electron chi connectivity index (χ4n) is 1.90. The zero-order valence-electron chi connectivity index (χ0n) is 11.7. The zero-order chi connectivity index (χ0) is 15.5. The molecule has 1 aromatic carbocycles. The summed E-state index contributed by atoms with van der Waals surface area (Å²) < 4.78 is 0. The van der Waals surface area contributed by atoms with Gasteiger partial charge in [0.15, 0.2) is 5.13 Å². The molecule has 1 N–H and O–H groups in total. The van der Waals surface area contributed by atoms with Crippen molar-refractivity contribution < 1.29 is 4.79 Å². The van der Waals surface area contributed by atoms with Gasteiger partial charge in [0.05, 0.1) is 11.3 Å². The van der Waals surface area contributed by atoms with E-state index in [0.29, 0.717) is 15.7 Å². The molecule has 0 saturated carbocycles. The number of benzene rings is 1. The molecule has 2 aromatic heterocycles. The number of rotatable bonds is 3. The molecule has 0 saturated heterocycles. The van der Waals surface area contributed by atoms with Gasteiger partial charge >= 0.3 is 0 Å². The lowest BCUT2D eigenvalue weighted by atomic mass is 10.2. The topological polar surface area (TPSA) is 54.9 Å². The molecule has 0 aliphatic carbocycles. The minimum absolute atomic E-state index is 0.229. The number of pyridine rings is 1. The Bertz CT molecular complexity index is 814. The monoisotopic (exact) mass is 329 g/mol. The maximum absolute atomic E-state index is 12.1. The Hall–Kier alpha value is -2.24. The number of carbonyl (C=O) groups excluding carboxylic acids is 1. The van der Waals surface area contributed by atoms with Crippen LogP contribution in [0, 0.1) is 6.92 Å². The van der Waals surface area contributed by atoms with Crippen molar-refractivity contribution in [3.8, 4) is 11.3 Å². The molecule has 0 fully saturated rings. The van der Waals surface area contributed by atoms with Crippen LogP contribution in [-0.2, 0) is 0 Å². The molecule has 0 bridgehead atoms. The predicted molar refractivity (Wildman–Crippen MR) is 89.5 cm³/mol. The van der Waals surface area contributed by atoms with Crippen LogP contribution in [-0.4, -0.2) is 15.9 Å².